The molecule has 1 saturated heterocycles. The van der Waals surface area contributed by atoms with E-state index in [1.165, 1.54) is 5.56 Å². The van der Waals surface area contributed by atoms with Crippen molar-refractivity contribution in [2.45, 2.75) is 32.7 Å². The molecule has 1 aliphatic heterocycles. The van der Waals surface area contributed by atoms with Gasteiger partial charge in [0.15, 0.2) is 0 Å². The van der Waals surface area contributed by atoms with Crippen molar-refractivity contribution in [2.75, 3.05) is 31.1 Å². The molecule has 0 unspecified atom stereocenters. The molecular formula is C22H30N4O. The van der Waals surface area contributed by atoms with E-state index in [0.717, 1.165) is 12.4 Å². The number of nitrogens with zero attached hydrogens (tertiary/aromatic N) is 3. The Morgan fingerprint density at radius 3 is 2.52 bits per heavy atom. The molecule has 1 aromatic heterocycles. The number of carbonyl (C=O) groups excluding carboxylic acids is 1. The topological polar surface area (TPSA) is 62.5 Å². The molecule has 3 rings (SSSR count). The summed E-state index contributed by atoms with van der Waals surface area (Å²) in [6, 6.07) is 14.6. The van der Waals surface area contributed by atoms with Crippen molar-refractivity contribution in [2.24, 2.45) is 11.7 Å². The first kappa shape index (κ1) is 19.4. The number of carbonyl (C=O) groups is 1. The molecule has 2 atom stereocenters. The van der Waals surface area contributed by atoms with Crippen LogP contribution in [0, 0.1) is 5.92 Å². The highest BCUT2D eigenvalue weighted by molar-refractivity contribution is 5.94. The van der Waals surface area contributed by atoms with Gasteiger partial charge in [0.2, 0.25) is 0 Å². The van der Waals surface area contributed by atoms with E-state index in [1.54, 1.807) is 6.20 Å². The number of benzene rings is 1. The van der Waals surface area contributed by atoms with Crippen LogP contribution in [-0.2, 0) is 0 Å². The zero-order chi connectivity index (χ0) is 19.4. The minimum atomic E-state index is 0.0403. The van der Waals surface area contributed by atoms with Crippen LogP contribution in [0.2, 0.25) is 0 Å². The van der Waals surface area contributed by atoms with E-state index >= 15 is 0 Å². The fourth-order valence-corrected chi connectivity index (χ4v) is 4.01. The van der Waals surface area contributed by atoms with E-state index in [0.29, 0.717) is 43.1 Å². The van der Waals surface area contributed by atoms with Crippen molar-refractivity contribution < 1.29 is 4.79 Å². The quantitative estimate of drug-likeness (QED) is 0.853. The molecule has 5 nitrogen and oxygen atoms in total. The molecule has 2 N–H and O–H groups in total. The van der Waals surface area contributed by atoms with Gasteiger partial charge in [-0.25, -0.2) is 4.98 Å². The largest absolute Gasteiger partial charge is 0.354 e. The Morgan fingerprint density at radius 1 is 1.22 bits per heavy atom. The van der Waals surface area contributed by atoms with Crippen LogP contribution >= 0.6 is 0 Å². The van der Waals surface area contributed by atoms with Gasteiger partial charge >= 0.3 is 0 Å². The molecule has 0 saturated carbocycles. The van der Waals surface area contributed by atoms with Gasteiger partial charge < -0.3 is 15.5 Å². The number of pyridine rings is 1. The summed E-state index contributed by atoms with van der Waals surface area (Å²) in [6.07, 6.45) is 1.70. The molecule has 1 fully saturated rings. The van der Waals surface area contributed by atoms with Crippen molar-refractivity contribution in [3.8, 4) is 0 Å². The smallest absolute Gasteiger partial charge is 0.255 e. The van der Waals surface area contributed by atoms with Gasteiger partial charge in [-0.15, -0.1) is 0 Å². The highest BCUT2D eigenvalue weighted by Crippen LogP contribution is 2.32. The van der Waals surface area contributed by atoms with Gasteiger partial charge in [-0.1, -0.05) is 30.3 Å². The number of hydrogen-bond donors (Lipinski definition) is 1. The van der Waals surface area contributed by atoms with Crippen LogP contribution in [0.4, 0.5) is 5.82 Å². The van der Waals surface area contributed by atoms with E-state index in [-0.39, 0.29) is 5.91 Å². The lowest BCUT2D eigenvalue weighted by Crippen LogP contribution is -2.32. The summed E-state index contributed by atoms with van der Waals surface area (Å²) >= 11 is 0. The number of aromatic nitrogens is 1. The predicted octanol–water partition coefficient (Wildman–Crippen LogP) is 3.13. The Labute approximate surface area is 162 Å². The summed E-state index contributed by atoms with van der Waals surface area (Å²) < 4.78 is 0. The lowest BCUT2D eigenvalue weighted by molar-refractivity contribution is 0.0786. The monoisotopic (exact) mass is 366 g/mol. The number of hydrogen-bond acceptors (Lipinski definition) is 4. The third kappa shape index (κ3) is 4.14. The van der Waals surface area contributed by atoms with E-state index in [1.807, 2.05) is 35.2 Å². The molecule has 0 bridgehead atoms. The first-order valence-electron chi connectivity index (χ1n) is 9.82. The molecule has 0 radical (unpaired) electrons. The summed E-state index contributed by atoms with van der Waals surface area (Å²) in [6.45, 7) is 9.28. The van der Waals surface area contributed by atoms with Crippen molar-refractivity contribution >= 4 is 11.7 Å². The third-order valence-corrected chi connectivity index (χ3v) is 5.51. The summed E-state index contributed by atoms with van der Waals surface area (Å²) in [4.78, 5) is 21.7. The minimum Gasteiger partial charge on any atom is -0.354 e. The van der Waals surface area contributed by atoms with Crippen molar-refractivity contribution in [1.29, 1.82) is 0 Å². The highest BCUT2D eigenvalue weighted by Gasteiger charge is 2.35. The van der Waals surface area contributed by atoms with E-state index in [9.17, 15) is 4.79 Å². The van der Waals surface area contributed by atoms with Gasteiger partial charge in [0, 0.05) is 37.8 Å². The Kier molecular flexibility index (Phi) is 6.11. The van der Waals surface area contributed by atoms with Gasteiger partial charge in [0.25, 0.3) is 5.91 Å². The fourth-order valence-electron chi connectivity index (χ4n) is 4.01. The number of nitrogens with two attached hydrogens (primary N) is 1. The second-order valence-corrected chi connectivity index (χ2v) is 7.51. The maximum Gasteiger partial charge on any atom is 0.255 e. The Balaban J connectivity index is 1.74. The summed E-state index contributed by atoms with van der Waals surface area (Å²) in [7, 11) is 0. The standard InChI is InChI=1S/C22H30N4O/c1-4-26(16(2)3)21-11-10-18(13-24-21)22(27)25-14-19(12-23)20(15-25)17-8-6-5-7-9-17/h5-11,13,16,19-20H,4,12,14-15,23H2,1-3H3/t19-,20+/m1/s1. The molecule has 0 spiro atoms. The van der Waals surface area contributed by atoms with E-state index < -0.39 is 0 Å². The minimum absolute atomic E-state index is 0.0403. The van der Waals surface area contributed by atoms with Gasteiger partial charge in [-0.05, 0) is 50.9 Å². The van der Waals surface area contributed by atoms with Crippen LogP contribution in [0.25, 0.3) is 0 Å². The average Bonchev–Trinajstić information content (AvgIpc) is 3.13. The normalized spacial score (nSPS) is 19.5. The summed E-state index contributed by atoms with van der Waals surface area (Å²) in [5, 5.41) is 0. The predicted molar refractivity (Wildman–Crippen MR) is 110 cm³/mol. The molecule has 1 aliphatic rings. The number of amides is 1. The molecule has 1 amide bonds. The molecular weight excluding hydrogens is 336 g/mol. The van der Waals surface area contributed by atoms with E-state index in [2.05, 4.69) is 42.8 Å². The zero-order valence-electron chi connectivity index (χ0n) is 16.5. The lowest BCUT2D eigenvalue weighted by Gasteiger charge is -2.26. The van der Waals surface area contributed by atoms with Crippen LogP contribution in [0.1, 0.15) is 42.6 Å². The Hall–Kier alpha value is -2.40. The molecule has 0 aliphatic carbocycles. The van der Waals surface area contributed by atoms with Crippen molar-refractivity contribution in [3.05, 3.63) is 59.8 Å². The SMILES string of the molecule is CCN(c1ccc(C(=O)N2C[C@@H](CN)[C@H](c3ccccc3)C2)cn1)C(C)C. The van der Waals surface area contributed by atoms with Crippen LogP contribution in [0.3, 0.4) is 0 Å². The fraction of sp³-hybridized carbons (Fsp3) is 0.455. The first-order valence-corrected chi connectivity index (χ1v) is 9.82. The molecule has 1 aromatic carbocycles. The second kappa shape index (κ2) is 8.53. The molecule has 144 valence electrons. The highest BCUT2D eigenvalue weighted by atomic mass is 16.2. The Morgan fingerprint density at radius 2 is 1.96 bits per heavy atom. The van der Waals surface area contributed by atoms with Gasteiger partial charge in [-0.3, -0.25) is 4.79 Å². The Bertz CT molecular complexity index is 745. The van der Waals surface area contributed by atoms with E-state index in [4.69, 9.17) is 5.73 Å². The number of likely N-dealkylation sites (tertiary alicyclic amines) is 1. The molecule has 2 aromatic rings. The third-order valence-electron chi connectivity index (χ3n) is 5.51. The van der Waals surface area contributed by atoms with Crippen LogP contribution < -0.4 is 10.6 Å². The maximum atomic E-state index is 13.0. The zero-order valence-corrected chi connectivity index (χ0v) is 16.5. The van der Waals surface area contributed by atoms with Gasteiger partial charge in [0.1, 0.15) is 5.82 Å². The average molecular weight is 367 g/mol. The molecule has 2 heterocycles. The summed E-state index contributed by atoms with van der Waals surface area (Å²) in [5.41, 5.74) is 7.90. The number of anilines is 1. The molecule has 27 heavy (non-hydrogen) atoms. The lowest BCUT2D eigenvalue weighted by atomic mass is 9.89. The van der Waals surface area contributed by atoms with Crippen molar-refractivity contribution in [1.82, 2.24) is 9.88 Å². The van der Waals surface area contributed by atoms with Gasteiger partial charge in [0.05, 0.1) is 5.56 Å². The molecule has 5 heteroatoms. The van der Waals surface area contributed by atoms with Crippen LogP contribution in [-0.4, -0.2) is 48.0 Å². The number of rotatable bonds is 6. The van der Waals surface area contributed by atoms with Crippen LogP contribution in [0.5, 0.6) is 0 Å². The maximum absolute atomic E-state index is 13.0. The van der Waals surface area contributed by atoms with Gasteiger partial charge in [-0.2, -0.15) is 0 Å². The summed E-state index contributed by atoms with van der Waals surface area (Å²) in [5.74, 6) is 1.54. The second-order valence-electron chi connectivity index (χ2n) is 7.51. The first-order chi connectivity index (χ1) is 13.0. The van der Waals surface area contributed by atoms with Crippen LogP contribution in [0.15, 0.2) is 48.7 Å². The van der Waals surface area contributed by atoms with Crippen molar-refractivity contribution in [3.63, 3.8) is 0 Å².